The lowest BCUT2D eigenvalue weighted by Gasteiger charge is -2.06. The highest BCUT2D eigenvalue weighted by atomic mass is 32.2. The number of hydrogen-bond donors (Lipinski definition) is 1. The highest BCUT2D eigenvalue weighted by Crippen LogP contribution is 2.10. The van der Waals surface area contributed by atoms with Gasteiger partial charge in [0.25, 0.3) is 10.2 Å². The smallest absolute Gasteiger partial charge is 0.202 e. The lowest BCUT2D eigenvalue weighted by Crippen LogP contribution is -2.31. The minimum Gasteiger partial charge on any atom is -0.202 e. The highest BCUT2D eigenvalue weighted by Gasteiger charge is 2.30. The van der Waals surface area contributed by atoms with Gasteiger partial charge in [0.1, 0.15) is 0 Å². The third kappa shape index (κ3) is 3.52. The molecule has 1 heterocycles. The molecule has 0 radical (unpaired) electrons. The first-order chi connectivity index (χ1) is 8.12. The molecule has 4 nitrogen and oxygen atoms in total. The predicted octanol–water partition coefficient (Wildman–Crippen LogP) is 0.941. The minimum atomic E-state index is -3.19. The van der Waals surface area contributed by atoms with Crippen molar-refractivity contribution >= 4 is 10.2 Å². The van der Waals surface area contributed by atoms with Crippen LogP contribution >= 0.6 is 0 Å². The van der Waals surface area contributed by atoms with Gasteiger partial charge in [-0.05, 0) is 24.0 Å². The molecule has 0 saturated carbocycles. The van der Waals surface area contributed by atoms with Crippen LogP contribution in [0.5, 0.6) is 0 Å². The lowest BCUT2D eigenvalue weighted by atomic mass is 10.1. The first kappa shape index (κ1) is 12.5. The van der Waals surface area contributed by atoms with Crippen LogP contribution in [0.25, 0.3) is 0 Å². The van der Waals surface area contributed by atoms with Crippen LogP contribution < -0.4 is 4.72 Å². The molecule has 1 aliphatic heterocycles. The number of nitrogens with one attached hydrogen (secondary N) is 1. The maximum absolute atomic E-state index is 11.5. The summed E-state index contributed by atoms with van der Waals surface area (Å²) in [5.41, 5.74) is 2.47. The Hall–Kier alpha value is -0.910. The summed E-state index contributed by atoms with van der Waals surface area (Å²) in [5, 5.41) is 0. The Morgan fingerprint density at radius 3 is 2.29 bits per heavy atom. The molecule has 1 fully saturated rings. The number of rotatable bonds is 6. The van der Waals surface area contributed by atoms with Crippen molar-refractivity contribution in [3.05, 3.63) is 35.4 Å². The zero-order valence-electron chi connectivity index (χ0n) is 10.0. The summed E-state index contributed by atoms with van der Waals surface area (Å²) in [4.78, 5) is 0. The fourth-order valence-corrected chi connectivity index (χ4v) is 2.74. The first-order valence-electron chi connectivity index (χ1n) is 5.94. The van der Waals surface area contributed by atoms with E-state index in [9.17, 15) is 8.42 Å². The molecule has 0 amide bonds. The number of aryl methyl sites for hydroxylation is 1. The molecule has 0 aliphatic carbocycles. The van der Waals surface area contributed by atoms with Gasteiger partial charge in [0.05, 0.1) is 0 Å². The van der Waals surface area contributed by atoms with Crippen molar-refractivity contribution in [3.8, 4) is 0 Å². The van der Waals surface area contributed by atoms with E-state index in [1.54, 1.807) is 0 Å². The van der Waals surface area contributed by atoms with Crippen LogP contribution in [0.3, 0.4) is 0 Å². The Morgan fingerprint density at radius 1 is 1.18 bits per heavy atom. The summed E-state index contributed by atoms with van der Waals surface area (Å²) < 4.78 is 27.0. The standard InChI is InChI=1S/C12H18N2O2S/c1-2-11-3-5-12(6-4-11)7-8-13-17(15,16)14-9-10-14/h3-6,13H,2,7-10H2,1H3. The molecular formula is C12H18N2O2S. The molecule has 94 valence electrons. The van der Waals surface area contributed by atoms with E-state index < -0.39 is 10.2 Å². The normalized spacial score (nSPS) is 16.1. The highest BCUT2D eigenvalue weighted by molar-refractivity contribution is 7.87. The Bertz CT molecular complexity index is 464. The van der Waals surface area contributed by atoms with Crippen LogP contribution in [0.1, 0.15) is 18.1 Å². The number of hydrogen-bond acceptors (Lipinski definition) is 2. The van der Waals surface area contributed by atoms with E-state index in [2.05, 4.69) is 35.9 Å². The Morgan fingerprint density at radius 2 is 1.76 bits per heavy atom. The molecule has 0 bridgehead atoms. The fraction of sp³-hybridized carbons (Fsp3) is 0.500. The average Bonchev–Trinajstić information content (AvgIpc) is 3.14. The van der Waals surface area contributed by atoms with Crippen molar-refractivity contribution in [1.82, 2.24) is 9.03 Å². The van der Waals surface area contributed by atoms with Crippen molar-refractivity contribution in [2.24, 2.45) is 0 Å². The van der Waals surface area contributed by atoms with E-state index in [1.807, 2.05) is 0 Å². The molecule has 1 aromatic rings. The summed E-state index contributed by atoms with van der Waals surface area (Å²) in [6, 6.07) is 8.30. The Labute approximate surface area is 103 Å². The largest absolute Gasteiger partial charge is 0.279 e. The Kier molecular flexibility index (Phi) is 3.81. The third-order valence-corrected chi connectivity index (χ3v) is 4.49. The molecule has 1 aliphatic rings. The monoisotopic (exact) mass is 254 g/mol. The summed E-state index contributed by atoms with van der Waals surface area (Å²) in [6.07, 6.45) is 1.76. The molecule has 1 saturated heterocycles. The van der Waals surface area contributed by atoms with Crippen molar-refractivity contribution < 1.29 is 8.42 Å². The SMILES string of the molecule is CCc1ccc(CCNS(=O)(=O)N2CC2)cc1. The van der Waals surface area contributed by atoms with Crippen LogP contribution in [0.4, 0.5) is 0 Å². The quantitative estimate of drug-likeness (QED) is 0.768. The van der Waals surface area contributed by atoms with Crippen molar-refractivity contribution in [2.45, 2.75) is 19.8 Å². The van der Waals surface area contributed by atoms with Crippen LogP contribution in [-0.2, 0) is 23.1 Å². The second kappa shape index (κ2) is 5.16. The van der Waals surface area contributed by atoms with E-state index in [1.165, 1.54) is 9.87 Å². The van der Waals surface area contributed by atoms with Gasteiger partial charge in [0, 0.05) is 19.6 Å². The van der Waals surface area contributed by atoms with Crippen LogP contribution in [0, 0.1) is 0 Å². The molecular weight excluding hydrogens is 236 g/mol. The molecule has 0 aromatic heterocycles. The molecule has 2 rings (SSSR count). The van der Waals surface area contributed by atoms with Gasteiger partial charge in [0.15, 0.2) is 0 Å². The zero-order chi connectivity index (χ0) is 12.3. The van der Waals surface area contributed by atoms with E-state index in [-0.39, 0.29) is 0 Å². The van der Waals surface area contributed by atoms with Gasteiger partial charge in [-0.25, -0.2) is 4.72 Å². The van der Waals surface area contributed by atoms with E-state index >= 15 is 0 Å². The number of nitrogens with zero attached hydrogens (tertiary/aromatic N) is 1. The molecule has 17 heavy (non-hydrogen) atoms. The van der Waals surface area contributed by atoms with Gasteiger partial charge in [-0.2, -0.15) is 12.7 Å². The summed E-state index contributed by atoms with van der Waals surface area (Å²) in [6.45, 7) is 3.89. The van der Waals surface area contributed by atoms with Gasteiger partial charge in [-0.3, -0.25) is 0 Å². The molecule has 1 N–H and O–H groups in total. The van der Waals surface area contributed by atoms with Crippen LogP contribution in [-0.4, -0.2) is 32.4 Å². The zero-order valence-corrected chi connectivity index (χ0v) is 10.8. The van der Waals surface area contributed by atoms with Gasteiger partial charge < -0.3 is 0 Å². The van der Waals surface area contributed by atoms with Gasteiger partial charge in [0.2, 0.25) is 0 Å². The van der Waals surface area contributed by atoms with Crippen molar-refractivity contribution in [2.75, 3.05) is 19.6 Å². The predicted molar refractivity (Wildman–Crippen MR) is 68.0 cm³/mol. The molecule has 0 atom stereocenters. The summed E-state index contributed by atoms with van der Waals surface area (Å²) >= 11 is 0. The van der Waals surface area contributed by atoms with E-state index in [0.29, 0.717) is 19.6 Å². The van der Waals surface area contributed by atoms with Crippen LogP contribution in [0.2, 0.25) is 0 Å². The third-order valence-electron chi connectivity index (χ3n) is 2.88. The summed E-state index contributed by atoms with van der Waals surface area (Å²) in [7, 11) is -3.19. The fourth-order valence-electron chi connectivity index (χ4n) is 1.64. The van der Waals surface area contributed by atoms with Gasteiger partial charge in [-0.1, -0.05) is 31.2 Å². The second-order valence-electron chi connectivity index (χ2n) is 4.22. The van der Waals surface area contributed by atoms with E-state index in [4.69, 9.17) is 0 Å². The molecule has 5 heteroatoms. The van der Waals surface area contributed by atoms with E-state index in [0.717, 1.165) is 18.4 Å². The average molecular weight is 254 g/mol. The maximum atomic E-state index is 11.5. The summed E-state index contributed by atoms with van der Waals surface area (Å²) in [5.74, 6) is 0. The first-order valence-corrected chi connectivity index (χ1v) is 7.38. The maximum Gasteiger partial charge on any atom is 0.279 e. The van der Waals surface area contributed by atoms with Crippen molar-refractivity contribution in [3.63, 3.8) is 0 Å². The minimum absolute atomic E-state index is 0.463. The van der Waals surface area contributed by atoms with Crippen molar-refractivity contribution in [1.29, 1.82) is 0 Å². The van der Waals surface area contributed by atoms with Crippen LogP contribution in [0.15, 0.2) is 24.3 Å². The van der Waals surface area contributed by atoms with Gasteiger partial charge in [-0.15, -0.1) is 0 Å². The molecule has 1 aromatic carbocycles. The second-order valence-corrected chi connectivity index (χ2v) is 5.97. The lowest BCUT2D eigenvalue weighted by molar-refractivity contribution is 0.547. The number of benzene rings is 1. The molecule has 0 unspecified atom stereocenters. The van der Waals surface area contributed by atoms with Gasteiger partial charge >= 0.3 is 0 Å². The Balaban J connectivity index is 1.81. The topological polar surface area (TPSA) is 49.2 Å². The molecule has 0 spiro atoms.